The van der Waals surface area contributed by atoms with Gasteiger partial charge < -0.3 is 20.3 Å². The minimum absolute atomic E-state index is 0.0870. The zero-order chi connectivity index (χ0) is 16.5. The summed E-state index contributed by atoms with van der Waals surface area (Å²) in [6, 6.07) is 0.304. The van der Waals surface area contributed by atoms with E-state index in [0.29, 0.717) is 31.8 Å². The van der Waals surface area contributed by atoms with E-state index in [-0.39, 0.29) is 6.03 Å². The number of ether oxygens (including phenoxy) is 1. The molecule has 0 aromatic rings. The minimum Gasteiger partial charge on any atom is -0.376 e. The minimum atomic E-state index is -0.0870. The predicted molar refractivity (Wildman–Crippen MR) is 92.8 cm³/mol. The van der Waals surface area contributed by atoms with Crippen LogP contribution in [0.3, 0.4) is 0 Å². The number of urea groups is 1. The van der Waals surface area contributed by atoms with Gasteiger partial charge in [0.05, 0.1) is 12.7 Å². The van der Waals surface area contributed by atoms with Gasteiger partial charge in [0, 0.05) is 38.8 Å². The fraction of sp³-hybridized carbons (Fsp3) is 0.941. The molecule has 6 heteroatoms. The summed E-state index contributed by atoms with van der Waals surface area (Å²) in [6.45, 7) is 5.04. The van der Waals surface area contributed by atoms with Gasteiger partial charge >= 0.3 is 6.03 Å². The standard InChI is InChI=1S/C17H34N4O2/c1-20-10-11-21(2)15(14-20)13-19-17(22)18-9-12-23-16-7-5-3-4-6-8-16/h15-16H,3-14H2,1-2H3,(H2,18,19,22)/t15-/m0/s1. The molecule has 0 aromatic carbocycles. The van der Waals surface area contributed by atoms with Crippen molar-refractivity contribution in [3.8, 4) is 0 Å². The van der Waals surface area contributed by atoms with Crippen LogP contribution in [-0.4, -0.2) is 81.4 Å². The molecule has 2 N–H and O–H groups in total. The molecule has 6 nitrogen and oxygen atoms in total. The maximum absolute atomic E-state index is 11.9. The van der Waals surface area contributed by atoms with E-state index < -0.39 is 0 Å². The highest BCUT2D eigenvalue weighted by Gasteiger charge is 2.22. The zero-order valence-electron chi connectivity index (χ0n) is 14.9. The third-order valence-corrected chi connectivity index (χ3v) is 5.02. The fourth-order valence-corrected chi connectivity index (χ4v) is 3.39. The molecule has 134 valence electrons. The van der Waals surface area contributed by atoms with Crippen LogP contribution in [0.1, 0.15) is 38.5 Å². The number of nitrogens with zero attached hydrogens (tertiary/aromatic N) is 2. The fourth-order valence-electron chi connectivity index (χ4n) is 3.39. The van der Waals surface area contributed by atoms with Crippen LogP contribution in [0.25, 0.3) is 0 Å². The summed E-state index contributed by atoms with van der Waals surface area (Å²) in [6.07, 6.45) is 7.98. The monoisotopic (exact) mass is 326 g/mol. The van der Waals surface area contributed by atoms with E-state index >= 15 is 0 Å². The second kappa shape index (κ2) is 10.1. The summed E-state index contributed by atoms with van der Waals surface area (Å²) < 4.78 is 5.88. The van der Waals surface area contributed by atoms with Crippen molar-refractivity contribution in [3.05, 3.63) is 0 Å². The Balaban J connectivity index is 1.52. The van der Waals surface area contributed by atoms with Crippen LogP contribution in [0.5, 0.6) is 0 Å². The van der Waals surface area contributed by atoms with Gasteiger partial charge in [-0.05, 0) is 26.9 Å². The first-order chi connectivity index (χ1) is 11.1. The van der Waals surface area contributed by atoms with Gasteiger partial charge in [0.1, 0.15) is 0 Å². The SMILES string of the molecule is CN1CCN(C)[C@@H](CNC(=O)NCCOC2CCCCCC2)C1. The molecule has 2 aliphatic rings. The largest absolute Gasteiger partial charge is 0.376 e. The lowest BCUT2D eigenvalue weighted by Gasteiger charge is -2.37. The Hall–Kier alpha value is -0.850. The maximum atomic E-state index is 11.9. The van der Waals surface area contributed by atoms with Gasteiger partial charge in [-0.2, -0.15) is 0 Å². The second-order valence-corrected chi connectivity index (χ2v) is 7.02. The molecule has 1 saturated heterocycles. The molecule has 1 aliphatic heterocycles. The first kappa shape index (κ1) is 18.5. The third kappa shape index (κ3) is 7.06. The third-order valence-electron chi connectivity index (χ3n) is 5.02. The van der Waals surface area contributed by atoms with Crippen LogP contribution in [-0.2, 0) is 4.74 Å². The molecular weight excluding hydrogens is 292 g/mol. The van der Waals surface area contributed by atoms with E-state index in [9.17, 15) is 4.79 Å². The summed E-state index contributed by atoms with van der Waals surface area (Å²) in [5.41, 5.74) is 0. The Kier molecular flexibility index (Phi) is 8.12. The topological polar surface area (TPSA) is 56.8 Å². The van der Waals surface area contributed by atoms with Crippen molar-refractivity contribution in [1.29, 1.82) is 0 Å². The van der Waals surface area contributed by atoms with Crippen LogP contribution in [0.2, 0.25) is 0 Å². The van der Waals surface area contributed by atoms with Gasteiger partial charge in [-0.15, -0.1) is 0 Å². The molecular formula is C17H34N4O2. The second-order valence-electron chi connectivity index (χ2n) is 7.02. The number of rotatable bonds is 6. The number of hydrogen-bond donors (Lipinski definition) is 2. The van der Waals surface area contributed by atoms with Crippen LogP contribution in [0, 0.1) is 0 Å². The van der Waals surface area contributed by atoms with Gasteiger partial charge in [0.2, 0.25) is 0 Å². The lowest BCUT2D eigenvalue weighted by atomic mass is 10.1. The van der Waals surface area contributed by atoms with Crippen molar-refractivity contribution in [2.24, 2.45) is 0 Å². The van der Waals surface area contributed by atoms with E-state index in [4.69, 9.17) is 4.74 Å². The van der Waals surface area contributed by atoms with Crippen molar-refractivity contribution < 1.29 is 9.53 Å². The Labute approximate surface area is 140 Å². The number of carbonyl (C=O) groups is 1. The first-order valence-corrected chi connectivity index (χ1v) is 9.17. The van der Waals surface area contributed by atoms with Gasteiger partial charge in [-0.1, -0.05) is 25.7 Å². The van der Waals surface area contributed by atoms with E-state index in [0.717, 1.165) is 19.6 Å². The molecule has 2 rings (SSSR count). The summed E-state index contributed by atoms with van der Waals surface area (Å²) in [5.74, 6) is 0. The van der Waals surface area contributed by atoms with Crippen molar-refractivity contribution in [1.82, 2.24) is 20.4 Å². The Morgan fingerprint density at radius 3 is 2.57 bits per heavy atom. The average Bonchev–Trinajstić information content (AvgIpc) is 2.81. The van der Waals surface area contributed by atoms with Gasteiger partial charge in [-0.3, -0.25) is 4.90 Å². The van der Waals surface area contributed by atoms with Gasteiger partial charge in [-0.25, -0.2) is 4.79 Å². The van der Waals surface area contributed by atoms with Crippen LogP contribution in [0.15, 0.2) is 0 Å². The highest BCUT2D eigenvalue weighted by Crippen LogP contribution is 2.19. The number of amides is 2. The van der Waals surface area contributed by atoms with Crippen molar-refractivity contribution in [3.63, 3.8) is 0 Å². The van der Waals surface area contributed by atoms with Crippen molar-refractivity contribution >= 4 is 6.03 Å². The maximum Gasteiger partial charge on any atom is 0.314 e. The smallest absolute Gasteiger partial charge is 0.314 e. The Bertz CT molecular complexity index is 345. The highest BCUT2D eigenvalue weighted by atomic mass is 16.5. The number of piperazine rings is 1. The number of hydrogen-bond acceptors (Lipinski definition) is 4. The molecule has 2 amide bonds. The summed E-state index contributed by atoms with van der Waals surface area (Å²) in [4.78, 5) is 16.5. The average molecular weight is 326 g/mol. The van der Waals surface area contributed by atoms with Crippen LogP contribution in [0.4, 0.5) is 4.79 Å². The molecule has 2 fully saturated rings. The normalized spacial score (nSPS) is 25.0. The molecule has 1 atom stereocenters. The lowest BCUT2D eigenvalue weighted by Crippen LogP contribution is -2.55. The van der Waals surface area contributed by atoms with Gasteiger partial charge in [0.25, 0.3) is 0 Å². The molecule has 0 radical (unpaired) electrons. The molecule has 0 aromatic heterocycles. The van der Waals surface area contributed by atoms with Gasteiger partial charge in [0.15, 0.2) is 0 Å². The van der Waals surface area contributed by atoms with Crippen LogP contribution >= 0.6 is 0 Å². The zero-order valence-corrected chi connectivity index (χ0v) is 14.9. The van der Waals surface area contributed by atoms with E-state index in [1.165, 1.54) is 38.5 Å². The predicted octanol–water partition coefficient (Wildman–Crippen LogP) is 1.27. The highest BCUT2D eigenvalue weighted by molar-refractivity contribution is 5.73. The van der Waals surface area contributed by atoms with E-state index in [2.05, 4.69) is 34.5 Å². The van der Waals surface area contributed by atoms with Crippen LogP contribution < -0.4 is 10.6 Å². The number of nitrogens with one attached hydrogen (secondary N) is 2. The molecule has 1 aliphatic carbocycles. The Morgan fingerprint density at radius 2 is 1.83 bits per heavy atom. The van der Waals surface area contributed by atoms with E-state index in [1.807, 2.05) is 0 Å². The molecule has 0 spiro atoms. The summed E-state index contributed by atoms with van der Waals surface area (Å²) >= 11 is 0. The molecule has 1 heterocycles. The number of likely N-dealkylation sites (N-methyl/N-ethyl adjacent to an activating group) is 2. The van der Waals surface area contributed by atoms with Crippen molar-refractivity contribution in [2.75, 3.05) is 53.4 Å². The lowest BCUT2D eigenvalue weighted by molar-refractivity contribution is 0.0460. The van der Waals surface area contributed by atoms with Crippen molar-refractivity contribution in [2.45, 2.75) is 50.7 Å². The van der Waals surface area contributed by atoms with E-state index in [1.54, 1.807) is 0 Å². The molecule has 0 bridgehead atoms. The quantitative estimate of drug-likeness (QED) is 0.570. The number of carbonyl (C=O) groups excluding carboxylic acids is 1. The first-order valence-electron chi connectivity index (χ1n) is 9.17. The molecule has 1 saturated carbocycles. The Morgan fingerprint density at radius 1 is 1.09 bits per heavy atom. The summed E-state index contributed by atoms with van der Waals surface area (Å²) in [5, 5.41) is 5.87. The summed E-state index contributed by atoms with van der Waals surface area (Å²) in [7, 11) is 4.25. The molecule has 23 heavy (non-hydrogen) atoms. The molecule has 0 unspecified atom stereocenters.